The molecule has 0 amide bonds. The molecule has 4 rings (SSSR count). The Balaban J connectivity index is 0.000000431. The molecule has 2 heterocycles. The molecule has 0 saturated heterocycles. The van der Waals surface area contributed by atoms with Crippen LogP contribution in [0.1, 0.15) is 31.9 Å². The first-order valence-corrected chi connectivity index (χ1v) is 10.9. The second kappa shape index (κ2) is 7.88. The van der Waals surface area contributed by atoms with Crippen molar-refractivity contribution in [3.8, 4) is 0 Å². The van der Waals surface area contributed by atoms with Crippen molar-refractivity contribution in [2.45, 2.75) is 38.6 Å². The van der Waals surface area contributed by atoms with Gasteiger partial charge in [-0.2, -0.15) is 12.4 Å². The average Bonchev–Trinajstić information content (AvgIpc) is 3.04. The summed E-state index contributed by atoms with van der Waals surface area (Å²) in [5.41, 5.74) is 6.89. The summed E-state index contributed by atoms with van der Waals surface area (Å²) >= 11 is 0. The monoisotopic (exact) mass is 412 g/mol. The molecule has 7 heteroatoms. The second-order valence-corrected chi connectivity index (χ2v) is 8.83. The molecule has 29 heavy (non-hydrogen) atoms. The minimum absolute atomic E-state index is 0.0321. The molecule has 0 aliphatic carbocycles. The van der Waals surface area contributed by atoms with Gasteiger partial charge in [0.25, 0.3) is 0 Å². The van der Waals surface area contributed by atoms with E-state index in [-0.39, 0.29) is 5.41 Å². The third-order valence-corrected chi connectivity index (χ3v) is 5.59. The predicted octanol–water partition coefficient (Wildman–Crippen LogP) is 1.83. The van der Waals surface area contributed by atoms with E-state index < -0.39 is 7.82 Å². The van der Waals surface area contributed by atoms with Gasteiger partial charge in [0.2, 0.25) is 5.69 Å². The highest BCUT2D eigenvalue weighted by Gasteiger charge is 2.38. The van der Waals surface area contributed by atoms with Crippen molar-refractivity contribution in [1.82, 2.24) is 0 Å². The highest BCUT2D eigenvalue weighted by Crippen LogP contribution is 2.46. The molecular formula is C22H25N2O4P-2. The largest absolute Gasteiger partial charge is 0.822 e. The SMILES string of the molecule is CC1Cc2ccccc2[N+]1=CC=C1N(C)c2ccccc2C1(C)C.O=P([O-])([O-])[O-]. The summed E-state index contributed by atoms with van der Waals surface area (Å²) in [6, 6.07) is 18.0. The number of allylic oxidation sites excluding steroid dienone is 2. The fraction of sp³-hybridized carbons (Fsp3) is 0.318. The molecule has 0 fully saturated rings. The van der Waals surface area contributed by atoms with E-state index in [1.807, 2.05) is 0 Å². The summed E-state index contributed by atoms with van der Waals surface area (Å²) in [6.45, 7) is 6.93. The number of phosphoric acid groups is 1. The predicted molar refractivity (Wildman–Crippen MR) is 109 cm³/mol. The third kappa shape index (κ3) is 4.51. The van der Waals surface area contributed by atoms with E-state index in [1.54, 1.807) is 0 Å². The third-order valence-electron chi connectivity index (χ3n) is 5.59. The minimum Gasteiger partial charge on any atom is -0.822 e. The second-order valence-electron chi connectivity index (χ2n) is 7.94. The Morgan fingerprint density at radius 1 is 1.10 bits per heavy atom. The van der Waals surface area contributed by atoms with Gasteiger partial charge in [0.05, 0.1) is 0 Å². The maximum absolute atomic E-state index is 8.55. The lowest BCUT2D eigenvalue weighted by Crippen LogP contribution is -2.24. The van der Waals surface area contributed by atoms with Crippen molar-refractivity contribution >= 4 is 25.4 Å². The summed E-state index contributed by atoms with van der Waals surface area (Å²) < 4.78 is 11.0. The van der Waals surface area contributed by atoms with E-state index >= 15 is 0 Å². The summed E-state index contributed by atoms with van der Waals surface area (Å²) in [4.78, 5) is 28.0. The van der Waals surface area contributed by atoms with Crippen LogP contribution in [0.2, 0.25) is 0 Å². The number of fused-ring (bicyclic) bond motifs is 2. The van der Waals surface area contributed by atoms with Gasteiger partial charge in [-0.3, -0.25) is 0 Å². The topological polar surface area (TPSA) is 92.5 Å². The molecule has 1 unspecified atom stereocenters. The summed E-state index contributed by atoms with van der Waals surface area (Å²) in [6.07, 6.45) is 5.70. The van der Waals surface area contributed by atoms with E-state index in [1.165, 1.54) is 28.2 Å². The lowest BCUT2D eigenvalue weighted by molar-refractivity contribution is -0.463. The van der Waals surface area contributed by atoms with Crippen LogP contribution in [-0.2, 0) is 16.4 Å². The molecule has 154 valence electrons. The maximum Gasteiger partial charge on any atom is 0.208 e. The molecule has 2 aromatic carbocycles. The highest BCUT2D eigenvalue weighted by atomic mass is 31.2. The van der Waals surface area contributed by atoms with Crippen LogP contribution in [0.4, 0.5) is 11.4 Å². The van der Waals surface area contributed by atoms with Crippen molar-refractivity contribution in [3.63, 3.8) is 0 Å². The standard InChI is InChI=1S/C22H25N2.H3O4P/c1-16-15-17-9-5-7-11-19(17)24(16)14-13-21-22(2,3)18-10-6-8-12-20(18)23(21)4;1-5(2,3)4/h5-14,16H,15H2,1-4H3;(H3,1,2,3,4)/q+1;/p-3. The number of para-hydroxylation sites is 2. The lowest BCUT2D eigenvalue weighted by atomic mass is 9.84. The van der Waals surface area contributed by atoms with Gasteiger partial charge in [0.15, 0.2) is 12.3 Å². The molecule has 0 radical (unpaired) electrons. The van der Waals surface area contributed by atoms with Gasteiger partial charge in [-0.1, -0.05) is 50.2 Å². The molecule has 0 bridgehead atoms. The zero-order valence-corrected chi connectivity index (χ0v) is 17.9. The van der Waals surface area contributed by atoms with Crippen LogP contribution in [-0.4, -0.2) is 23.9 Å². The van der Waals surface area contributed by atoms with Gasteiger partial charge in [0.1, 0.15) is 0 Å². The Hall–Kier alpha value is -2.24. The molecule has 2 aliphatic rings. The molecule has 6 nitrogen and oxygen atoms in total. The molecule has 0 aromatic heterocycles. The van der Waals surface area contributed by atoms with Crippen LogP contribution in [0, 0.1) is 0 Å². The van der Waals surface area contributed by atoms with Crippen LogP contribution >= 0.6 is 7.82 Å². The van der Waals surface area contributed by atoms with Crippen LogP contribution in [0.15, 0.2) is 60.3 Å². The first kappa shape index (κ1) is 21.5. The molecular weight excluding hydrogens is 387 g/mol. The molecule has 0 N–H and O–H groups in total. The van der Waals surface area contributed by atoms with Crippen molar-refractivity contribution in [3.05, 3.63) is 71.4 Å². The molecule has 0 saturated carbocycles. The number of hydrogen-bond donors (Lipinski definition) is 0. The van der Waals surface area contributed by atoms with Crippen LogP contribution in [0.25, 0.3) is 0 Å². The average molecular weight is 412 g/mol. The number of rotatable bonds is 1. The Morgan fingerprint density at radius 2 is 1.69 bits per heavy atom. The Kier molecular flexibility index (Phi) is 5.84. The zero-order valence-electron chi connectivity index (χ0n) is 17.0. The summed E-state index contributed by atoms with van der Waals surface area (Å²) in [5.74, 6) is 0. The molecule has 2 aromatic rings. The fourth-order valence-electron chi connectivity index (χ4n) is 4.27. The summed E-state index contributed by atoms with van der Waals surface area (Å²) in [7, 11) is -3.21. The Morgan fingerprint density at radius 3 is 2.34 bits per heavy atom. The number of anilines is 1. The first-order chi connectivity index (χ1) is 13.5. The van der Waals surface area contributed by atoms with E-state index in [9.17, 15) is 0 Å². The zero-order chi connectivity index (χ0) is 21.4. The quantitative estimate of drug-likeness (QED) is 0.526. The van der Waals surface area contributed by atoms with E-state index in [2.05, 4.69) is 98.1 Å². The Labute approximate surface area is 171 Å². The number of likely N-dealkylation sites (N-methyl/N-ethyl adjacent to an activating group) is 1. The smallest absolute Gasteiger partial charge is 0.208 e. The number of nitrogens with zero attached hydrogens (tertiary/aromatic N) is 2. The highest BCUT2D eigenvalue weighted by molar-refractivity contribution is 7.40. The van der Waals surface area contributed by atoms with Crippen molar-refractivity contribution in [2.75, 3.05) is 11.9 Å². The van der Waals surface area contributed by atoms with E-state index in [0.29, 0.717) is 6.04 Å². The van der Waals surface area contributed by atoms with E-state index in [0.717, 1.165) is 6.42 Å². The van der Waals surface area contributed by atoms with Crippen molar-refractivity contribution < 1.29 is 23.8 Å². The fourth-order valence-corrected chi connectivity index (χ4v) is 4.27. The molecule has 0 spiro atoms. The van der Waals surface area contributed by atoms with Gasteiger partial charge in [0, 0.05) is 48.0 Å². The summed E-state index contributed by atoms with van der Waals surface area (Å²) in [5, 5.41) is 0. The minimum atomic E-state index is -5.39. The maximum atomic E-state index is 8.55. The lowest BCUT2D eigenvalue weighted by Gasteiger charge is -2.36. The molecule has 2 aliphatic heterocycles. The first-order valence-electron chi connectivity index (χ1n) is 9.48. The Bertz CT molecular complexity index is 1010. The number of benzene rings is 2. The van der Waals surface area contributed by atoms with Gasteiger partial charge < -0.3 is 24.1 Å². The van der Waals surface area contributed by atoms with E-state index in [4.69, 9.17) is 19.2 Å². The normalized spacial score (nSPS) is 22.3. The van der Waals surface area contributed by atoms with Crippen LogP contribution in [0.5, 0.6) is 0 Å². The van der Waals surface area contributed by atoms with Crippen molar-refractivity contribution in [1.29, 1.82) is 0 Å². The van der Waals surface area contributed by atoms with Gasteiger partial charge in [-0.15, -0.1) is 0 Å². The van der Waals surface area contributed by atoms with Crippen LogP contribution in [0.3, 0.4) is 0 Å². The van der Waals surface area contributed by atoms with Gasteiger partial charge in [-0.25, -0.2) is 0 Å². The number of hydrogen-bond acceptors (Lipinski definition) is 5. The van der Waals surface area contributed by atoms with Crippen LogP contribution < -0.4 is 19.6 Å². The molecule has 1 atom stereocenters. The van der Waals surface area contributed by atoms with Crippen molar-refractivity contribution in [2.24, 2.45) is 0 Å². The van der Waals surface area contributed by atoms with Gasteiger partial charge in [-0.05, 0) is 18.6 Å². The van der Waals surface area contributed by atoms with Gasteiger partial charge >= 0.3 is 0 Å².